The van der Waals surface area contributed by atoms with E-state index in [0.29, 0.717) is 19.5 Å². The Balaban J connectivity index is 2.34. The fourth-order valence-corrected chi connectivity index (χ4v) is 2.97. The monoisotopic (exact) mass is 388 g/mol. The molecule has 0 fully saturated rings. The van der Waals surface area contributed by atoms with Crippen molar-refractivity contribution in [3.63, 3.8) is 0 Å². The molecule has 0 atom stereocenters. The minimum atomic E-state index is -3.15. The standard InChI is InChI=1S/C15H21BrN2O3S/c1-3-22(20,21)18(2)12-6-11-17-15(19)10-9-13-7-4-5-8-14(13)16/h4-5,7-10H,3,6,11-12H2,1-2H3,(H,17,19)/b10-9+. The first-order chi connectivity index (χ1) is 10.4. The molecule has 0 aliphatic carbocycles. The van der Waals surface area contributed by atoms with Gasteiger partial charge in [0.15, 0.2) is 0 Å². The fraction of sp³-hybridized carbons (Fsp3) is 0.400. The van der Waals surface area contributed by atoms with Gasteiger partial charge in [-0.05, 0) is 31.1 Å². The lowest BCUT2D eigenvalue weighted by atomic mass is 10.2. The van der Waals surface area contributed by atoms with Crippen molar-refractivity contribution in [2.75, 3.05) is 25.9 Å². The van der Waals surface area contributed by atoms with Crippen molar-refractivity contribution in [1.82, 2.24) is 9.62 Å². The molecular formula is C15H21BrN2O3S. The number of benzene rings is 1. The molecule has 1 aromatic rings. The lowest BCUT2D eigenvalue weighted by Crippen LogP contribution is -2.32. The summed E-state index contributed by atoms with van der Waals surface area (Å²) in [6.45, 7) is 2.44. The quantitative estimate of drug-likeness (QED) is 0.548. The summed E-state index contributed by atoms with van der Waals surface area (Å²) in [6, 6.07) is 7.61. The summed E-state index contributed by atoms with van der Waals surface area (Å²) in [6.07, 6.45) is 3.77. The molecule has 0 aliphatic heterocycles. The summed E-state index contributed by atoms with van der Waals surface area (Å²) in [4.78, 5) is 11.7. The normalized spacial score (nSPS) is 12.0. The van der Waals surface area contributed by atoms with Gasteiger partial charge in [0.2, 0.25) is 15.9 Å². The number of sulfonamides is 1. The average molecular weight is 389 g/mol. The highest BCUT2D eigenvalue weighted by Gasteiger charge is 2.13. The maximum atomic E-state index is 11.7. The lowest BCUT2D eigenvalue weighted by Gasteiger charge is -2.15. The molecular weight excluding hydrogens is 368 g/mol. The molecule has 122 valence electrons. The van der Waals surface area contributed by atoms with Gasteiger partial charge in [-0.2, -0.15) is 0 Å². The Hall–Kier alpha value is -1.18. The summed E-state index contributed by atoms with van der Waals surface area (Å²) >= 11 is 3.41. The number of nitrogens with zero attached hydrogens (tertiary/aromatic N) is 1. The molecule has 5 nitrogen and oxygen atoms in total. The van der Waals surface area contributed by atoms with Gasteiger partial charge in [0.25, 0.3) is 0 Å². The Morgan fingerprint density at radius 3 is 2.68 bits per heavy atom. The van der Waals surface area contributed by atoms with E-state index < -0.39 is 10.0 Å². The molecule has 0 heterocycles. The van der Waals surface area contributed by atoms with Crippen molar-refractivity contribution in [3.8, 4) is 0 Å². The van der Waals surface area contributed by atoms with Gasteiger partial charge in [-0.25, -0.2) is 12.7 Å². The van der Waals surface area contributed by atoms with E-state index in [9.17, 15) is 13.2 Å². The molecule has 1 rings (SSSR count). The third-order valence-corrected chi connectivity index (χ3v) is 5.69. The van der Waals surface area contributed by atoms with Gasteiger partial charge in [-0.1, -0.05) is 34.1 Å². The first-order valence-electron chi connectivity index (χ1n) is 7.01. The number of amides is 1. The Morgan fingerprint density at radius 2 is 2.05 bits per heavy atom. The molecule has 22 heavy (non-hydrogen) atoms. The van der Waals surface area contributed by atoms with Crippen molar-refractivity contribution in [3.05, 3.63) is 40.4 Å². The summed E-state index contributed by atoms with van der Waals surface area (Å²) in [5.41, 5.74) is 0.923. The van der Waals surface area contributed by atoms with Gasteiger partial charge >= 0.3 is 0 Å². The number of hydrogen-bond acceptors (Lipinski definition) is 3. The molecule has 1 aromatic carbocycles. The van der Waals surface area contributed by atoms with E-state index in [4.69, 9.17) is 0 Å². The maximum Gasteiger partial charge on any atom is 0.244 e. The van der Waals surface area contributed by atoms with Crippen LogP contribution in [0.3, 0.4) is 0 Å². The summed E-state index contributed by atoms with van der Waals surface area (Å²) in [5, 5.41) is 2.73. The minimum Gasteiger partial charge on any atom is -0.353 e. The van der Waals surface area contributed by atoms with E-state index >= 15 is 0 Å². The Kier molecular flexibility index (Phi) is 7.78. The van der Waals surface area contributed by atoms with Crippen LogP contribution in [0.25, 0.3) is 6.08 Å². The predicted molar refractivity (Wildman–Crippen MR) is 92.9 cm³/mol. The SMILES string of the molecule is CCS(=O)(=O)N(C)CCCNC(=O)/C=C/c1ccccc1Br. The van der Waals surface area contributed by atoms with Crippen LogP contribution in [-0.4, -0.2) is 44.5 Å². The molecule has 7 heteroatoms. The van der Waals surface area contributed by atoms with Gasteiger partial charge < -0.3 is 5.32 Å². The number of hydrogen-bond donors (Lipinski definition) is 1. The Morgan fingerprint density at radius 1 is 1.36 bits per heavy atom. The second-order valence-corrected chi connectivity index (χ2v) is 7.94. The number of carbonyl (C=O) groups is 1. The molecule has 0 aromatic heterocycles. The van der Waals surface area contributed by atoms with Crippen LogP contribution in [0.15, 0.2) is 34.8 Å². The third-order valence-electron chi connectivity index (χ3n) is 3.11. The summed E-state index contributed by atoms with van der Waals surface area (Å²) < 4.78 is 25.3. The first kappa shape index (κ1) is 18.9. The van der Waals surface area contributed by atoms with E-state index in [1.807, 2.05) is 24.3 Å². The minimum absolute atomic E-state index is 0.0878. The molecule has 0 unspecified atom stereocenters. The second-order valence-electron chi connectivity index (χ2n) is 4.72. The highest BCUT2D eigenvalue weighted by atomic mass is 79.9. The second kappa shape index (κ2) is 9.07. The van der Waals surface area contributed by atoms with Crippen LogP contribution in [0.5, 0.6) is 0 Å². The van der Waals surface area contributed by atoms with Gasteiger partial charge in [0, 0.05) is 30.7 Å². The van der Waals surface area contributed by atoms with Gasteiger partial charge in [-0.3, -0.25) is 4.79 Å². The lowest BCUT2D eigenvalue weighted by molar-refractivity contribution is -0.116. The molecule has 0 saturated carbocycles. The molecule has 1 N–H and O–H groups in total. The van der Waals surface area contributed by atoms with Crippen LogP contribution < -0.4 is 5.32 Å². The zero-order valence-electron chi connectivity index (χ0n) is 12.8. The smallest absolute Gasteiger partial charge is 0.244 e. The van der Waals surface area contributed by atoms with E-state index in [-0.39, 0.29) is 11.7 Å². The number of carbonyl (C=O) groups excluding carboxylic acids is 1. The molecule has 0 radical (unpaired) electrons. The highest BCUT2D eigenvalue weighted by molar-refractivity contribution is 9.10. The number of nitrogens with one attached hydrogen (secondary N) is 1. The van der Waals surface area contributed by atoms with Crippen LogP contribution in [0.1, 0.15) is 18.9 Å². The van der Waals surface area contributed by atoms with Crippen LogP contribution in [0.4, 0.5) is 0 Å². The van der Waals surface area contributed by atoms with Gasteiger partial charge in [-0.15, -0.1) is 0 Å². The molecule has 0 saturated heterocycles. The van der Waals surface area contributed by atoms with Crippen molar-refractivity contribution < 1.29 is 13.2 Å². The summed E-state index contributed by atoms with van der Waals surface area (Å²) in [5.74, 6) is -0.110. The van der Waals surface area contributed by atoms with Crippen LogP contribution in [0, 0.1) is 0 Å². The fourth-order valence-electron chi connectivity index (χ4n) is 1.71. The number of halogens is 1. The van der Waals surface area contributed by atoms with Crippen molar-refractivity contribution in [1.29, 1.82) is 0 Å². The average Bonchev–Trinajstić information content (AvgIpc) is 2.50. The highest BCUT2D eigenvalue weighted by Crippen LogP contribution is 2.16. The predicted octanol–water partition coefficient (Wildman–Crippen LogP) is 2.25. The first-order valence-corrected chi connectivity index (χ1v) is 9.41. The summed E-state index contributed by atoms with van der Waals surface area (Å²) in [7, 11) is -1.60. The maximum absolute atomic E-state index is 11.7. The van der Waals surface area contributed by atoms with Crippen molar-refractivity contribution in [2.45, 2.75) is 13.3 Å². The van der Waals surface area contributed by atoms with E-state index in [0.717, 1.165) is 10.0 Å². The third kappa shape index (κ3) is 6.29. The van der Waals surface area contributed by atoms with Crippen LogP contribution in [-0.2, 0) is 14.8 Å². The largest absolute Gasteiger partial charge is 0.353 e. The molecule has 0 spiro atoms. The zero-order chi connectivity index (χ0) is 16.6. The van der Waals surface area contributed by atoms with E-state index in [2.05, 4.69) is 21.2 Å². The van der Waals surface area contributed by atoms with Crippen molar-refractivity contribution >= 4 is 37.9 Å². The topological polar surface area (TPSA) is 66.5 Å². The molecule has 0 bridgehead atoms. The van der Waals surface area contributed by atoms with Crippen LogP contribution >= 0.6 is 15.9 Å². The van der Waals surface area contributed by atoms with E-state index in [1.54, 1.807) is 20.0 Å². The van der Waals surface area contributed by atoms with Gasteiger partial charge in [0.05, 0.1) is 5.75 Å². The Bertz CT molecular complexity index is 629. The van der Waals surface area contributed by atoms with E-state index in [1.165, 1.54) is 10.4 Å². The molecule has 0 aliphatic rings. The van der Waals surface area contributed by atoms with Crippen LogP contribution in [0.2, 0.25) is 0 Å². The van der Waals surface area contributed by atoms with Gasteiger partial charge in [0.1, 0.15) is 0 Å². The van der Waals surface area contributed by atoms with Crippen molar-refractivity contribution in [2.24, 2.45) is 0 Å². The zero-order valence-corrected chi connectivity index (χ0v) is 15.2. The number of rotatable bonds is 8. The molecule has 1 amide bonds. The Labute approximate surface area is 140 Å².